The van der Waals surface area contributed by atoms with E-state index in [1.807, 2.05) is 0 Å². The van der Waals surface area contributed by atoms with Crippen LogP contribution >= 0.6 is 0 Å². The van der Waals surface area contributed by atoms with Crippen LogP contribution < -0.4 is 0 Å². The van der Waals surface area contributed by atoms with E-state index < -0.39 is 12.2 Å². The van der Waals surface area contributed by atoms with Crippen molar-refractivity contribution in [1.82, 2.24) is 0 Å². The second-order valence-corrected chi connectivity index (χ2v) is 3.50. The van der Waals surface area contributed by atoms with Crippen LogP contribution in [0.4, 0.5) is 0 Å². The van der Waals surface area contributed by atoms with Crippen LogP contribution in [0.1, 0.15) is 32.1 Å². The summed E-state index contributed by atoms with van der Waals surface area (Å²) >= 11 is 0. The van der Waals surface area contributed by atoms with Gasteiger partial charge < -0.3 is 10.2 Å². The maximum absolute atomic E-state index is 9.55. The van der Waals surface area contributed by atoms with Crippen molar-refractivity contribution in [2.75, 3.05) is 0 Å². The van der Waals surface area contributed by atoms with Crippen molar-refractivity contribution in [2.24, 2.45) is 5.92 Å². The number of rotatable bonds is 2. The van der Waals surface area contributed by atoms with Crippen molar-refractivity contribution < 1.29 is 10.2 Å². The van der Waals surface area contributed by atoms with Crippen molar-refractivity contribution in [3.8, 4) is 12.3 Å². The molecule has 68 valence electrons. The summed E-state index contributed by atoms with van der Waals surface area (Å²) in [6.07, 6.45) is 8.88. The van der Waals surface area contributed by atoms with Crippen molar-refractivity contribution >= 4 is 0 Å². The second kappa shape index (κ2) is 4.49. The molecule has 1 fully saturated rings. The zero-order chi connectivity index (χ0) is 8.97. The Balaban J connectivity index is 2.40. The molecule has 0 aliphatic heterocycles. The van der Waals surface area contributed by atoms with Gasteiger partial charge in [0.05, 0.1) is 6.10 Å². The molecule has 0 heterocycles. The van der Waals surface area contributed by atoms with Gasteiger partial charge in [-0.2, -0.15) is 0 Å². The van der Waals surface area contributed by atoms with E-state index >= 15 is 0 Å². The molecule has 0 amide bonds. The van der Waals surface area contributed by atoms with E-state index in [2.05, 4.69) is 5.92 Å². The summed E-state index contributed by atoms with van der Waals surface area (Å²) in [7, 11) is 0. The Morgan fingerprint density at radius 2 is 1.75 bits per heavy atom. The highest BCUT2D eigenvalue weighted by Crippen LogP contribution is 2.27. The molecule has 0 spiro atoms. The van der Waals surface area contributed by atoms with Crippen LogP contribution in [0.15, 0.2) is 0 Å². The zero-order valence-corrected chi connectivity index (χ0v) is 7.24. The Hall–Kier alpha value is -0.520. The third-order valence-corrected chi connectivity index (χ3v) is 2.63. The highest BCUT2D eigenvalue weighted by molar-refractivity contribution is 4.99. The number of aliphatic hydroxyl groups excluding tert-OH is 2. The molecular weight excluding hydrogens is 152 g/mol. The van der Waals surface area contributed by atoms with Crippen LogP contribution in [0.25, 0.3) is 0 Å². The normalized spacial score (nSPS) is 24.4. The summed E-state index contributed by atoms with van der Waals surface area (Å²) in [6, 6.07) is 0. The topological polar surface area (TPSA) is 40.5 Å². The SMILES string of the molecule is C#C[C@H](O)[C@@H](O)C1CCCCC1. The van der Waals surface area contributed by atoms with Crippen LogP contribution in [0, 0.1) is 18.3 Å². The highest BCUT2D eigenvalue weighted by atomic mass is 16.3. The number of hydrogen-bond acceptors (Lipinski definition) is 2. The van der Waals surface area contributed by atoms with Crippen LogP contribution in [-0.4, -0.2) is 22.4 Å². The smallest absolute Gasteiger partial charge is 0.140 e. The molecular formula is C10H16O2. The molecule has 1 rings (SSSR count). The van der Waals surface area contributed by atoms with Gasteiger partial charge >= 0.3 is 0 Å². The summed E-state index contributed by atoms with van der Waals surface area (Å²) in [5.74, 6) is 2.38. The number of aliphatic hydroxyl groups is 2. The van der Waals surface area contributed by atoms with E-state index in [1.165, 1.54) is 6.42 Å². The molecule has 0 bridgehead atoms. The van der Waals surface area contributed by atoms with Gasteiger partial charge in [0.15, 0.2) is 0 Å². The largest absolute Gasteiger partial charge is 0.389 e. The maximum Gasteiger partial charge on any atom is 0.140 e. The summed E-state index contributed by atoms with van der Waals surface area (Å²) in [4.78, 5) is 0. The van der Waals surface area contributed by atoms with Crippen LogP contribution in [0.2, 0.25) is 0 Å². The molecule has 0 aromatic carbocycles. The van der Waals surface area contributed by atoms with Gasteiger partial charge in [-0.15, -0.1) is 6.42 Å². The maximum atomic E-state index is 9.55. The highest BCUT2D eigenvalue weighted by Gasteiger charge is 2.26. The molecule has 2 atom stereocenters. The monoisotopic (exact) mass is 168 g/mol. The Kier molecular flexibility index (Phi) is 3.58. The van der Waals surface area contributed by atoms with Crippen LogP contribution in [0.5, 0.6) is 0 Å². The van der Waals surface area contributed by atoms with Crippen molar-refractivity contribution in [1.29, 1.82) is 0 Å². The summed E-state index contributed by atoms with van der Waals surface area (Å²) in [5, 5.41) is 18.7. The van der Waals surface area contributed by atoms with E-state index in [9.17, 15) is 10.2 Å². The first-order chi connectivity index (χ1) is 5.75. The van der Waals surface area contributed by atoms with Gasteiger partial charge in [0, 0.05) is 0 Å². The molecule has 1 aliphatic rings. The fraction of sp³-hybridized carbons (Fsp3) is 0.800. The second-order valence-electron chi connectivity index (χ2n) is 3.50. The van der Waals surface area contributed by atoms with Crippen molar-refractivity contribution in [2.45, 2.75) is 44.3 Å². The lowest BCUT2D eigenvalue weighted by atomic mass is 9.83. The Labute approximate surface area is 73.6 Å². The lowest BCUT2D eigenvalue weighted by Gasteiger charge is -2.27. The quantitative estimate of drug-likeness (QED) is 0.602. The summed E-state index contributed by atoms with van der Waals surface area (Å²) in [6.45, 7) is 0. The Bertz CT molecular complexity index is 165. The van der Waals surface area contributed by atoms with Gasteiger partial charge in [0.1, 0.15) is 6.10 Å². The molecule has 1 saturated carbocycles. The third kappa shape index (κ3) is 2.23. The molecule has 2 nitrogen and oxygen atoms in total. The van der Waals surface area contributed by atoms with Gasteiger partial charge in [-0.05, 0) is 18.8 Å². The Morgan fingerprint density at radius 1 is 1.17 bits per heavy atom. The summed E-state index contributed by atoms with van der Waals surface area (Å²) < 4.78 is 0. The van der Waals surface area contributed by atoms with E-state index in [0.29, 0.717) is 0 Å². The van der Waals surface area contributed by atoms with Crippen molar-refractivity contribution in [3.05, 3.63) is 0 Å². The molecule has 2 N–H and O–H groups in total. The van der Waals surface area contributed by atoms with Gasteiger partial charge in [-0.25, -0.2) is 0 Å². The third-order valence-electron chi connectivity index (χ3n) is 2.63. The first-order valence-electron chi connectivity index (χ1n) is 4.58. The van der Waals surface area contributed by atoms with Gasteiger partial charge in [0.25, 0.3) is 0 Å². The van der Waals surface area contributed by atoms with Gasteiger partial charge in [-0.3, -0.25) is 0 Å². The average Bonchev–Trinajstić information content (AvgIpc) is 2.17. The minimum Gasteiger partial charge on any atom is -0.389 e. The molecule has 0 saturated heterocycles. The van der Waals surface area contributed by atoms with Crippen LogP contribution in [0.3, 0.4) is 0 Å². The first kappa shape index (κ1) is 9.57. The first-order valence-corrected chi connectivity index (χ1v) is 4.58. The minimum atomic E-state index is -0.979. The van der Waals surface area contributed by atoms with E-state index in [0.717, 1.165) is 25.7 Å². The fourth-order valence-electron chi connectivity index (χ4n) is 1.83. The molecule has 2 heteroatoms. The van der Waals surface area contributed by atoms with Gasteiger partial charge in [-0.1, -0.05) is 25.2 Å². The van der Waals surface area contributed by atoms with E-state index in [4.69, 9.17) is 6.42 Å². The molecule has 0 aromatic rings. The Morgan fingerprint density at radius 3 is 2.25 bits per heavy atom. The van der Waals surface area contributed by atoms with E-state index in [1.54, 1.807) is 0 Å². The molecule has 12 heavy (non-hydrogen) atoms. The zero-order valence-electron chi connectivity index (χ0n) is 7.24. The van der Waals surface area contributed by atoms with Gasteiger partial charge in [0.2, 0.25) is 0 Å². The standard InChI is InChI=1S/C10H16O2/c1-2-9(11)10(12)8-6-4-3-5-7-8/h1,8-12H,3-7H2/t9-,10-/m0/s1. The molecule has 0 radical (unpaired) electrons. The van der Waals surface area contributed by atoms with E-state index in [-0.39, 0.29) is 5.92 Å². The predicted octanol–water partition coefficient (Wildman–Crippen LogP) is 0.922. The molecule has 0 unspecified atom stereocenters. The lowest BCUT2D eigenvalue weighted by Crippen LogP contribution is -2.33. The minimum absolute atomic E-state index is 0.213. The number of terminal acetylenes is 1. The van der Waals surface area contributed by atoms with Crippen LogP contribution in [-0.2, 0) is 0 Å². The number of hydrogen-bond donors (Lipinski definition) is 2. The van der Waals surface area contributed by atoms with Crippen molar-refractivity contribution in [3.63, 3.8) is 0 Å². The molecule has 1 aliphatic carbocycles. The predicted molar refractivity (Wildman–Crippen MR) is 47.4 cm³/mol. The molecule has 0 aromatic heterocycles. The summed E-state index contributed by atoms with van der Waals surface area (Å²) in [5.41, 5.74) is 0. The average molecular weight is 168 g/mol. The lowest BCUT2D eigenvalue weighted by molar-refractivity contribution is 0.000761. The fourth-order valence-corrected chi connectivity index (χ4v) is 1.83.